The maximum Gasteiger partial charge on any atom is 0.256 e. The number of hydrogen-bond donors (Lipinski definition) is 1. The number of rotatable bonds is 5. The lowest BCUT2D eigenvalue weighted by Crippen LogP contribution is -2.17. The monoisotopic (exact) mass is 537 g/mol. The number of carbonyl (C=O) groups is 1. The summed E-state index contributed by atoms with van der Waals surface area (Å²) >= 11 is 9.70. The van der Waals surface area contributed by atoms with Gasteiger partial charge in [0.25, 0.3) is 5.91 Å². The predicted octanol–water partition coefficient (Wildman–Crippen LogP) is 6.39. The lowest BCUT2D eigenvalue weighted by Gasteiger charge is -2.13. The van der Waals surface area contributed by atoms with Crippen LogP contribution in [0.15, 0.2) is 77.3 Å². The molecule has 1 amide bonds. The van der Waals surface area contributed by atoms with Crippen LogP contribution in [-0.4, -0.2) is 25.2 Å². The van der Waals surface area contributed by atoms with Crippen molar-refractivity contribution in [3.8, 4) is 5.95 Å². The molecule has 2 heterocycles. The van der Waals surface area contributed by atoms with Crippen LogP contribution in [0, 0.1) is 12.7 Å². The van der Waals surface area contributed by atoms with Crippen molar-refractivity contribution in [1.82, 2.24) is 19.3 Å². The number of aryl methyl sites for hydroxylation is 1. The fraction of sp³-hybridized carbons (Fsp3) is 0.0800. The van der Waals surface area contributed by atoms with Gasteiger partial charge >= 0.3 is 0 Å². The zero-order valence-corrected chi connectivity index (χ0v) is 20.3. The number of carbonyl (C=O) groups excluding carboxylic acids is 1. The fourth-order valence-corrected chi connectivity index (χ4v) is 4.24. The van der Waals surface area contributed by atoms with E-state index in [-0.39, 0.29) is 12.5 Å². The molecule has 9 heteroatoms. The molecule has 0 aliphatic rings. The molecule has 0 aliphatic heterocycles. The Morgan fingerprint density at radius 3 is 2.62 bits per heavy atom. The summed E-state index contributed by atoms with van der Waals surface area (Å²) in [5, 5.41) is 7.81. The van der Waals surface area contributed by atoms with Crippen LogP contribution in [0.25, 0.3) is 17.0 Å². The number of nitrogens with zero attached hydrogens (tertiary/aromatic N) is 4. The number of imidazole rings is 1. The zero-order valence-electron chi connectivity index (χ0n) is 18.0. The largest absolute Gasteiger partial charge is 0.306 e. The number of anilines is 1. The molecule has 0 saturated heterocycles. The fourth-order valence-electron chi connectivity index (χ4n) is 3.75. The molecule has 6 nitrogen and oxygen atoms in total. The van der Waals surface area contributed by atoms with Gasteiger partial charge in [0.05, 0.1) is 23.3 Å². The summed E-state index contributed by atoms with van der Waals surface area (Å²) in [5.41, 5.74) is 3.03. The average Bonchev–Trinajstić information content (AvgIpc) is 3.36. The van der Waals surface area contributed by atoms with E-state index in [1.165, 1.54) is 6.07 Å². The van der Waals surface area contributed by atoms with E-state index in [1.54, 1.807) is 47.1 Å². The third-order valence-electron chi connectivity index (χ3n) is 5.38. The SMILES string of the molecule is Cc1cc(NC(=O)c2ccc(Br)cc2)n(-c2nc3ccccc3n2Cc2c(F)cccc2Cl)n1. The molecule has 0 unspecified atom stereocenters. The molecule has 0 atom stereocenters. The van der Waals surface area contributed by atoms with Crippen LogP contribution in [0.1, 0.15) is 21.6 Å². The molecule has 0 fully saturated rings. The van der Waals surface area contributed by atoms with E-state index in [9.17, 15) is 9.18 Å². The van der Waals surface area contributed by atoms with E-state index in [0.29, 0.717) is 39.1 Å². The summed E-state index contributed by atoms with van der Waals surface area (Å²) < 4.78 is 18.9. The highest BCUT2D eigenvalue weighted by Crippen LogP contribution is 2.27. The van der Waals surface area contributed by atoms with Crippen molar-refractivity contribution in [2.45, 2.75) is 13.5 Å². The van der Waals surface area contributed by atoms with Gasteiger partial charge in [-0.1, -0.05) is 45.7 Å². The van der Waals surface area contributed by atoms with Gasteiger partial charge in [-0.2, -0.15) is 9.78 Å². The minimum Gasteiger partial charge on any atom is -0.306 e. The van der Waals surface area contributed by atoms with Crippen molar-refractivity contribution < 1.29 is 9.18 Å². The number of para-hydroxylation sites is 2. The van der Waals surface area contributed by atoms with Crippen molar-refractivity contribution in [1.29, 1.82) is 0 Å². The molecule has 5 rings (SSSR count). The van der Waals surface area contributed by atoms with Crippen molar-refractivity contribution >= 4 is 50.3 Å². The minimum atomic E-state index is -0.406. The lowest BCUT2D eigenvalue weighted by atomic mass is 10.2. The van der Waals surface area contributed by atoms with E-state index in [1.807, 2.05) is 35.8 Å². The Bertz CT molecular complexity index is 1510. The van der Waals surface area contributed by atoms with Crippen LogP contribution in [-0.2, 0) is 6.54 Å². The average molecular weight is 539 g/mol. The van der Waals surface area contributed by atoms with Gasteiger partial charge in [-0.15, -0.1) is 0 Å². The summed E-state index contributed by atoms with van der Waals surface area (Å²) in [6, 6.07) is 20.9. The van der Waals surface area contributed by atoms with E-state index >= 15 is 0 Å². The maximum absolute atomic E-state index is 14.6. The molecular formula is C25H18BrClFN5O. The number of fused-ring (bicyclic) bond motifs is 1. The van der Waals surface area contributed by atoms with Crippen molar-refractivity contribution in [3.63, 3.8) is 0 Å². The second-order valence-electron chi connectivity index (χ2n) is 7.73. The van der Waals surface area contributed by atoms with Crippen LogP contribution in [0.2, 0.25) is 5.02 Å². The number of benzene rings is 3. The number of nitrogens with one attached hydrogen (secondary N) is 1. The summed E-state index contributed by atoms with van der Waals surface area (Å²) in [4.78, 5) is 17.6. The normalized spacial score (nSPS) is 11.2. The molecule has 0 saturated carbocycles. The van der Waals surface area contributed by atoms with E-state index in [2.05, 4.69) is 26.3 Å². The third kappa shape index (κ3) is 4.22. The molecule has 3 aromatic carbocycles. The molecule has 0 aliphatic carbocycles. The first-order valence-corrected chi connectivity index (χ1v) is 11.6. The van der Waals surface area contributed by atoms with Crippen LogP contribution in [0.5, 0.6) is 0 Å². The molecule has 5 aromatic rings. The Labute approximate surface area is 208 Å². The van der Waals surface area contributed by atoms with Gasteiger partial charge in [0.2, 0.25) is 5.95 Å². The standard InChI is InChI=1S/C25H18BrClFN5O/c1-15-13-23(30-24(34)16-9-11-17(26)12-10-16)33(31-15)25-29-21-7-2-3-8-22(21)32(25)14-18-19(27)5-4-6-20(18)28/h2-13H,14H2,1H3,(H,30,34). The van der Waals surface area contributed by atoms with E-state index in [4.69, 9.17) is 16.6 Å². The second-order valence-corrected chi connectivity index (χ2v) is 9.05. The summed E-state index contributed by atoms with van der Waals surface area (Å²) in [5.74, 6) is 0.187. The molecule has 0 spiro atoms. The first kappa shape index (κ1) is 22.3. The van der Waals surface area contributed by atoms with Crippen molar-refractivity contribution in [2.75, 3.05) is 5.32 Å². The number of hydrogen-bond acceptors (Lipinski definition) is 3. The molecule has 0 bridgehead atoms. The molecule has 0 radical (unpaired) electrons. The highest BCUT2D eigenvalue weighted by atomic mass is 79.9. The summed E-state index contributed by atoms with van der Waals surface area (Å²) in [6.45, 7) is 1.97. The summed E-state index contributed by atoms with van der Waals surface area (Å²) in [6.07, 6.45) is 0. The Balaban J connectivity index is 1.61. The van der Waals surface area contributed by atoms with Gasteiger partial charge in [0.15, 0.2) is 0 Å². The van der Waals surface area contributed by atoms with Crippen LogP contribution in [0.4, 0.5) is 10.2 Å². The number of aromatic nitrogens is 4. The minimum absolute atomic E-state index is 0.139. The van der Waals surface area contributed by atoms with E-state index in [0.717, 1.165) is 9.99 Å². The molecule has 1 N–H and O–H groups in total. The maximum atomic E-state index is 14.6. The Morgan fingerprint density at radius 1 is 1.09 bits per heavy atom. The Morgan fingerprint density at radius 2 is 1.85 bits per heavy atom. The second kappa shape index (κ2) is 9.04. The van der Waals surface area contributed by atoms with E-state index < -0.39 is 5.82 Å². The van der Waals surface area contributed by atoms with Crippen molar-refractivity contribution in [3.05, 3.63) is 105 Å². The van der Waals surface area contributed by atoms with Gasteiger partial charge in [-0.05, 0) is 55.5 Å². The Hall–Kier alpha value is -3.49. The van der Waals surface area contributed by atoms with Gasteiger partial charge in [-0.25, -0.2) is 9.37 Å². The predicted molar refractivity (Wildman–Crippen MR) is 134 cm³/mol. The first-order chi connectivity index (χ1) is 16.4. The van der Waals surface area contributed by atoms with Gasteiger partial charge < -0.3 is 9.88 Å². The van der Waals surface area contributed by atoms with Gasteiger partial charge in [-0.3, -0.25) is 4.79 Å². The molecule has 2 aromatic heterocycles. The first-order valence-electron chi connectivity index (χ1n) is 10.4. The van der Waals surface area contributed by atoms with Crippen LogP contribution >= 0.6 is 27.5 Å². The molecule has 170 valence electrons. The van der Waals surface area contributed by atoms with Crippen molar-refractivity contribution in [2.24, 2.45) is 0 Å². The quantitative estimate of drug-likeness (QED) is 0.282. The molecular weight excluding hydrogens is 521 g/mol. The highest BCUT2D eigenvalue weighted by molar-refractivity contribution is 9.10. The topological polar surface area (TPSA) is 64.7 Å². The van der Waals surface area contributed by atoms with Crippen LogP contribution in [0.3, 0.4) is 0 Å². The van der Waals surface area contributed by atoms with Gasteiger partial charge in [0, 0.05) is 26.7 Å². The molecule has 34 heavy (non-hydrogen) atoms. The summed E-state index contributed by atoms with van der Waals surface area (Å²) in [7, 11) is 0. The smallest absolute Gasteiger partial charge is 0.256 e. The number of amides is 1. The van der Waals surface area contributed by atoms with Gasteiger partial charge in [0.1, 0.15) is 11.6 Å². The van der Waals surface area contributed by atoms with Crippen LogP contribution < -0.4 is 5.32 Å². The number of halogens is 3. The third-order valence-corrected chi connectivity index (χ3v) is 6.26. The zero-order chi connectivity index (χ0) is 23.8. The highest BCUT2D eigenvalue weighted by Gasteiger charge is 2.20. The Kier molecular flexibility index (Phi) is 5.93. The lowest BCUT2D eigenvalue weighted by molar-refractivity contribution is 0.102.